The summed E-state index contributed by atoms with van der Waals surface area (Å²) in [6.45, 7) is 3.85. The largest absolute Gasteiger partial charge is 0.487 e. The normalized spacial score (nSPS) is 29.5. The first-order chi connectivity index (χ1) is 19.4. The van der Waals surface area contributed by atoms with Crippen LogP contribution >= 0.6 is 0 Å². The maximum Gasteiger partial charge on any atom is 0.298 e. The molecule has 3 aromatic carbocycles. The Hall–Kier alpha value is -3.59. The lowest BCUT2D eigenvalue weighted by Crippen LogP contribution is -2.78. The van der Waals surface area contributed by atoms with E-state index in [1.54, 1.807) is 4.90 Å². The van der Waals surface area contributed by atoms with Crippen molar-refractivity contribution in [2.75, 3.05) is 20.1 Å². The number of benzene rings is 3. The Kier molecular flexibility index (Phi) is 6.03. The molecule has 2 bridgehead atoms. The van der Waals surface area contributed by atoms with E-state index in [1.807, 2.05) is 44.3 Å². The fourth-order valence-corrected chi connectivity index (χ4v) is 8.24. The van der Waals surface area contributed by atoms with Crippen molar-refractivity contribution in [1.29, 1.82) is 0 Å². The Morgan fingerprint density at radius 1 is 1.10 bits per heavy atom. The quantitative estimate of drug-likeness (QED) is 0.510. The predicted octanol–water partition coefficient (Wildman–Crippen LogP) is 4.27. The molecule has 0 radical (unpaired) electrons. The average Bonchev–Trinajstić information content (AvgIpc) is 3.30. The Morgan fingerprint density at radius 2 is 1.93 bits per heavy atom. The summed E-state index contributed by atoms with van der Waals surface area (Å²) in [6.07, 6.45) is 3.64. The number of aliphatic hydroxyl groups is 1. The van der Waals surface area contributed by atoms with Crippen LogP contribution in [0.5, 0.6) is 5.75 Å². The molecule has 1 spiro atoms. The van der Waals surface area contributed by atoms with Crippen LogP contribution in [0.3, 0.4) is 0 Å². The zero-order valence-corrected chi connectivity index (χ0v) is 23.3. The highest BCUT2D eigenvalue weighted by molar-refractivity contribution is 5.94. The topological polar surface area (TPSA) is 53.0 Å². The van der Waals surface area contributed by atoms with Gasteiger partial charge in [0.1, 0.15) is 11.9 Å². The van der Waals surface area contributed by atoms with Crippen LogP contribution in [-0.2, 0) is 23.1 Å². The number of amides is 1. The molecule has 204 valence electrons. The molecule has 2 fully saturated rings. The Morgan fingerprint density at radius 3 is 2.75 bits per heavy atom. The molecular weight excluding hydrogens is 496 g/mol. The number of hydrogen-bond donors (Lipinski definition) is 1. The van der Waals surface area contributed by atoms with Gasteiger partial charge in [-0.05, 0) is 80.5 Å². The van der Waals surface area contributed by atoms with E-state index in [1.165, 1.54) is 16.7 Å². The van der Waals surface area contributed by atoms with Crippen LogP contribution in [0.4, 0.5) is 0 Å². The second-order valence-electron chi connectivity index (χ2n) is 12.1. The number of hydrogen-bond acceptors (Lipinski definition) is 4. The van der Waals surface area contributed by atoms with Crippen molar-refractivity contribution in [2.24, 2.45) is 0 Å². The molecule has 0 aromatic heterocycles. The lowest BCUT2D eigenvalue weighted by atomic mass is 9.48. The fraction of sp³-hybridized carbons (Fsp3) is 0.400. The molecule has 5 nitrogen and oxygen atoms in total. The molecule has 4 aliphatic rings. The molecule has 3 aromatic rings. The van der Waals surface area contributed by atoms with E-state index < -0.39 is 11.0 Å². The monoisotopic (exact) mass is 532 g/mol. The van der Waals surface area contributed by atoms with Gasteiger partial charge in [-0.25, -0.2) is 0 Å². The third kappa shape index (κ3) is 3.73. The number of piperidine rings is 1. The molecule has 2 aliphatic heterocycles. The van der Waals surface area contributed by atoms with E-state index in [-0.39, 0.29) is 24.1 Å². The first-order valence-electron chi connectivity index (χ1n) is 14.6. The Balaban J connectivity index is 1.20. The maximum absolute atomic E-state index is 13.4. The number of aryl methyl sites for hydroxylation is 1. The number of carbonyl (C=O) groups is 1. The van der Waals surface area contributed by atoms with Crippen LogP contribution in [0, 0.1) is 18.8 Å². The lowest BCUT2D eigenvalue weighted by molar-refractivity contribution is -0.199. The summed E-state index contributed by atoms with van der Waals surface area (Å²) in [5, 5.41) is 12.7. The number of likely N-dealkylation sites (N-methyl/N-ethyl adjacent to an activating group) is 1. The minimum atomic E-state index is -0.903. The number of likely N-dealkylation sites (tertiary alicyclic amines) is 1. The molecule has 1 amide bonds. The molecule has 1 N–H and O–H groups in total. The van der Waals surface area contributed by atoms with Crippen LogP contribution in [0.15, 0.2) is 72.8 Å². The Bertz CT molecular complexity index is 1520. The lowest BCUT2D eigenvalue weighted by Gasteiger charge is -2.64. The molecule has 1 saturated carbocycles. The summed E-state index contributed by atoms with van der Waals surface area (Å²) in [6, 6.07) is 24.7. The van der Waals surface area contributed by atoms with Crippen LogP contribution in [0.25, 0.3) is 0 Å². The smallest absolute Gasteiger partial charge is 0.298 e. The van der Waals surface area contributed by atoms with Crippen molar-refractivity contribution in [2.45, 2.75) is 68.2 Å². The van der Waals surface area contributed by atoms with Gasteiger partial charge in [-0.15, -0.1) is 0 Å². The van der Waals surface area contributed by atoms with Crippen LogP contribution in [0.2, 0.25) is 0 Å². The molecule has 2 aliphatic carbocycles. The summed E-state index contributed by atoms with van der Waals surface area (Å²) < 4.78 is 6.75. The van der Waals surface area contributed by atoms with Gasteiger partial charge in [0, 0.05) is 36.7 Å². The Labute approximate surface area is 236 Å². The summed E-state index contributed by atoms with van der Waals surface area (Å²) in [5.74, 6) is 6.61. The summed E-state index contributed by atoms with van der Waals surface area (Å²) in [5.41, 5.74) is 4.34. The second kappa shape index (κ2) is 9.51. The average molecular weight is 533 g/mol. The predicted molar refractivity (Wildman–Crippen MR) is 155 cm³/mol. The summed E-state index contributed by atoms with van der Waals surface area (Å²) >= 11 is 0. The van der Waals surface area contributed by atoms with Gasteiger partial charge >= 0.3 is 0 Å². The highest BCUT2D eigenvalue weighted by Gasteiger charge is 2.73. The maximum atomic E-state index is 13.4. The number of rotatable bonds is 4. The van der Waals surface area contributed by atoms with Gasteiger partial charge in [0.05, 0.1) is 17.1 Å². The first-order valence-corrected chi connectivity index (χ1v) is 14.6. The molecule has 7 rings (SSSR count). The van der Waals surface area contributed by atoms with Crippen molar-refractivity contribution < 1.29 is 14.6 Å². The molecule has 5 heteroatoms. The molecule has 5 atom stereocenters. The minimum absolute atomic E-state index is 0.0278. The van der Waals surface area contributed by atoms with Gasteiger partial charge in [-0.2, -0.15) is 0 Å². The zero-order chi connectivity index (χ0) is 27.5. The second-order valence-corrected chi connectivity index (χ2v) is 12.1. The number of ether oxygens (including phenoxy) is 1. The van der Waals surface area contributed by atoms with Crippen molar-refractivity contribution in [3.63, 3.8) is 0 Å². The van der Waals surface area contributed by atoms with E-state index in [2.05, 4.69) is 59.2 Å². The van der Waals surface area contributed by atoms with Crippen molar-refractivity contribution in [3.05, 3.63) is 101 Å². The molecule has 2 heterocycles. The fourth-order valence-electron chi connectivity index (χ4n) is 8.24. The van der Waals surface area contributed by atoms with E-state index in [0.29, 0.717) is 12.8 Å². The van der Waals surface area contributed by atoms with E-state index in [4.69, 9.17) is 4.74 Å². The molecule has 0 unspecified atom stereocenters. The van der Waals surface area contributed by atoms with Gasteiger partial charge in [-0.3, -0.25) is 9.69 Å². The summed E-state index contributed by atoms with van der Waals surface area (Å²) in [4.78, 5) is 17.7. The van der Waals surface area contributed by atoms with Crippen molar-refractivity contribution >= 4 is 5.91 Å². The van der Waals surface area contributed by atoms with Crippen molar-refractivity contribution in [3.8, 4) is 17.6 Å². The highest BCUT2D eigenvalue weighted by Crippen LogP contribution is 2.64. The zero-order valence-electron chi connectivity index (χ0n) is 23.3. The standard InChI is InChI=1S/C35H36N2O3/c1-24-8-6-11-26(22-24)14-15-31(38)36(2)28-16-18-35(39)30-23-27-12-7-13-29-32(27)34(35,33(28)40-29)19-21-37(30)20-17-25-9-4-3-5-10-25/h3-13,22,28,30,33,39H,16-21,23H2,1-2H3/t28-,30-,33+,34+,35-/m1/s1. The molecule has 40 heavy (non-hydrogen) atoms. The van der Waals surface area contributed by atoms with Gasteiger partial charge < -0.3 is 14.7 Å². The highest BCUT2D eigenvalue weighted by atomic mass is 16.5. The SMILES string of the molecule is Cc1cccc(C#CC(=O)N(C)[C@@H]2CC[C@@]3(O)[C@H]4Cc5cccc6c5[C@@]3(CCN4CCc3ccccc3)[C@H]2O6)c1. The third-order valence-corrected chi connectivity index (χ3v) is 10.1. The molecular formula is C35H36N2O3. The van der Waals surface area contributed by atoms with Gasteiger partial charge in [0.15, 0.2) is 0 Å². The van der Waals surface area contributed by atoms with E-state index in [9.17, 15) is 9.90 Å². The number of carbonyl (C=O) groups excluding carboxylic acids is 1. The van der Waals surface area contributed by atoms with Crippen LogP contribution in [0.1, 0.15) is 47.1 Å². The van der Waals surface area contributed by atoms with Gasteiger partial charge in [0.25, 0.3) is 5.91 Å². The van der Waals surface area contributed by atoms with E-state index >= 15 is 0 Å². The van der Waals surface area contributed by atoms with Crippen molar-refractivity contribution in [1.82, 2.24) is 9.80 Å². The van der Waals surface area contributed by atoms with Gasteiger partial charge in [-0.1, -0.05) is 60.5 Å². The van der Waals surface area contributed by atoms with Gasteiger partial charge in [0.2, 0.25) is 0 Å². The molecule has 1 saturated heterocycles. The number of nitrogens with zero attached hydrogens (tertiary/aromatic N) is 2. The first kappa shape index (κ1) is 25.4. The van der Waals surface area contributed by atoms with E-state index in [0.717, 1.165) is 49.2 Å². The van der Waals surface area contributed by atoms with Crippen LogP contribution in [-0.4, -0.2) is 64.7 Å². The minimum Gasteiger partial charge on any atom is -0.487 e. The summed E-state index contributed by atoms with van der Waals surface area (Å²) in [7, 11) is 1.85. The van der Waals surface area contributed by atoms with Crippen LogP contribution < -0.4 is 4.74 Å². The third-order valence-electron chi connectivity index (χ3n) is 10.1.